The Morgan fingerprint density at radius 2 is 1.96 bits per heavy atom. The van der Waals surface area contributed by atoms with Gasteiger partial charge < -0.3 is 24.1 Å². The van der Waals surface area contributed by atoms with Crippen LogP contribution in [0.4, 0.5) is 8.78 Å². The monoisotopic (exact) mass is 389 g/mol. The Labute approximate surface area is 159 Å². The molecule has 1 aliphatic rings. The van der Waals surface area contributed by atoms with Crippen molar-refractivity contribution in [3.8, 4) is 28.6 Å². The Kier molecular flexibility index (Phi) is 4.60. The third-order valence-electron chi connectivity index (χ3n) is 4.27. The predicted molar refractivity (Wildman–Crippen MR) is 94.2 cm³/mol. The quantitative estimate of drug-likeness (QED) is 0.685. The number of nitrogens with zero attached hydrogens (tertiary/aromatic N) is 2. The van der Waals surface area contributed by atoms with E-state index in [2.05, 4.69) is 24.9 Å². The molecule has 3 aromatic rings. The molecule has 1 unspecified atom stereocenters. The van der Waals surface area contributed by atoms with E-state index in [0.717, 1.165) is 0 Å². The fourth-order valence-electron chi connectivity index (χ4n) is 2.86. The molecule has 0 saturated heterocycles. The molecule has 1 N–H and O–H groups in total. The van der Waals surface area contributed by atoms with Gasteiger partial charge >= 0.3 is 6.29 Å². The average molecular weight is 389 g/mol. The summed E-state index contributed by atoms with van der Waals surface area (Å²) in [6.45, 7) is 2.07. The van der Waals surface area contributed by atoms with E-state index in [9.17, 15) is 8.78 Å². The van der Waals surface area contributed by atoms with Crippen LogP contribution in [0.5, 0.6) is 17.2 Å². The number of fused-ring (bicyclic) bond motifs is 1. The summed E-state index contributed by atoms with van der Waals surface area (Å²) in [6, 6.07) is 11.7. The average Bonchev–Trinajstić information content (AvgIpc) is 3.29. The molecule has 28 heavy (non-hydrogen) atoms. The zero-order valence-electron chi connectivity index (χ0n) is 15.1. The first-order valence-corrected chi connectivity index (χ1v) is 8.55. The Balaban J connectivity index is 1.47. The highest BCUT2D eigenvalue weighted by Crippen LogP contribution is 2.43. The van der Waals surface area contributed by atoms with Crippen molar-refractivity contribution < 1.29 is 27.5 Å². The number of para-hydroxylation sites is 2. The van der Waals surface area contributed by atoms with Crippen molar-refractivity contribution in [2.24, 2.45) is 0 Å². The Morgan fingerprint density at radius 1 is 1.14 bits per heavy atom. The highest BCUT2D eigenvalue weighted by molar-refractivity contribution is 5.63. The van der Waals surface area contributed by atoms with E-state index in [-0.39, 0.29) is 24.1 Å². The molecule has 0 amide bonds. The second kappa shape index (κ2) is 7.08. The lowest BCUT2D eigenvalue weighted by molar-refractivity contribution is -0.286. The largest absolute Gasteiger partial charge is 0.586 e. The molecular weight excluding hydrogens is 372 g/mol. The molecule has 1 atom stereocenters. The molecule has 9 heteroatoms. The van der Waals surface area contributed by atoms with Gasteiger partial charge in [0, 0.05) is 12.1 Å². The first-order valence-electron chi connectivity index (χ1n) is 8.55. The minimum Gasteiger partial charge on any atom is -0.496 e. The van der Waals surface area contributed by atoms with Gasteiger partial charge in [0.05, 0.1) is 18.7 Å². The number of nitrogens with one attached hydrogen (secondary N) is 1. The molecule has 0 aliphatic carbocycles. The van der Waals surface area contributed by atoms with Crippen LogP contribution in [0.1, 0.15) is 24.4 Å². The third kappa shape index (κ3) is 3.48. The molecule has 0 radical (unpaired) electrons. The standard InChI is InChI=1S/C19H17F2N3O4/c1-11(18-23-17(24-28-18)13-7-3-4-8-14(13)25-2)22-10-12-6-5-9-15-16(12)27-19(20,21)26-15/h3-9,11,22H,10H2,1-2H3. The number of benzene rings is 2. The summed E-state index contributed by atoms with van der Waals surface area (Å²) in [5, 5.41) is 7.16. The number of rotatable bonds is 6. The first kappa shape index (κ1) is 18.2. The van der Waals surface area contributed by atoms with Gasteiger partial charge in [-0.3, -0.25) is 0 Å². The number of hydrogen-bond acceptors (Lipinski definition) is 7. The minimum absolute atomic E-state index is 0.00759. The highest BCUT2D eigenvalue weighted by atomic mass is 19.3. The van der Waals surface area contributed by atoms with E-state index in [1.54, 1.807) is 25.3 Å². The van der Waals surface area contributed by atoms with E-state index in [0.29, 0.717) is 28.6 Å². The van der Waals surface area contributed by atoms with Crippen LogP contribution in [0.3, 0.4) is 0 Å². The second-order valence-electron chi connectivity index (χ2n) is 6.17. The van der Waals surface area contributed by atoms with Crippen LogP contribution in [0.15, 0.2) is 47.0 Å². The summed E-state index contributed by atoms with van der Waals surface area (Å²) in [6.07, 6.45) is -3.65. The van der Waals surface area contributed by atoms with Crippen LogP contribution < -0.4 is 19.5 Å². The van der Waals surface area contributed by atoms with Gasteiger partial charge in [-0.05, 0) is 25.1 Å². The van der Waals surface area contributed by atoms with Crippen LogP contribution in [0.25, 0.3) is 11.4 Å². The van der Waals surface area contributed by atoms with Crippen LogP contribution in [-0.4, -0.2) is 23.5 Å². The van der Waals surface area contributed by atoms with Gasteiger partial charge in [-0.1, -0.05) is 29.4 Å². The number of methoxy groups -OCH3 is 1. The maximum absolute atomic E-state index is 13.3. The summed E-state index contributed by atoms with van der Waals surface area (Å²) in [5.41, 5.74) is 1.24. The maximum Gasteiger partial charge on any atom is 0.586 e. The first-order chi connectivity index (χ1) is 13.5. The van der Waals surface area contributed by atoms with Crippen molar-refractivity contribution in [1.82, 2.24) is 15.5 Å². The Morgan fingerprint density at radius 3 is 2.79 bits per heavy atom. The molecule has 0 spiro atoms. The Bertz CT molecular complexity index is 993. The van der Waals surface area contributed by atoms with Gasteiger partial charge in [-0.25, -0.2) is 0 Å². The molecule has 1 aromatic heterocycles. The third-order valence-corrected chi connectivity index (χ3v) is 4.27. The molecule has 0 fully saturated rings. The number of hydrogen-bond donors (Lipinski definition) is 1. The van der Waals surface area contributed by atoms with Gasteiger partial charge in [0.1, 0.15) is 5.75 Å². The Hall–Kier alpha value is -3.20. The molecular formula is C19H17F2N3O4. The molecule has 2 heterocycles. The summed E-state index contributed by atoms with van der Waals surface area (Å²) in [4.78, 5) is 4.40. The normalized spacial score (nSPS) is 15.4. The second-order valence-corrected chi connectivity index (χ2v) is 6.17. The molecule has 146 valence electrons. The summed E-state index contributed by atoms with van der Waals surface area (Å²) >= 11 is 0. The fraction of sp³-hybridized carbons (Fsp3) is 0.263. The lowest BCUT2D eigenvalue weighted by Crippen LogP contribution is -2.26. The van der Waals surface area contributed by atoms with Crippen molar-refractivity contribution in [3.05, 3.63) is 53.9 Å². The summed E-state index contributed by atoms with van der Waals surface area (Å²) < 4.78 is 46.3. The molecule has 0 bridgehead atoms. The number of aromatic nitrogens is 2. The van der Waals surface area contributed by atoms with Crippen LogP contribution >= 0.6 is 0 Å². The van der Waals surface area contributed by atoms with Crippen molar-refractivity contribution in [3.63, 3.8) is 0 Å². The van der Waals surface area contributed by atoms with Crippen molar-refractivity contribution in [2.75, 3.05) is 7.11 Å². The van der Waals surface area contributed by atoms with Crippen LogP contribution in [-0.2, 0) is 6.54 Å². The predicted octanol–water partition coefficient (Wildman–Crippen LogP) is 3.92. The van der Waals surface area contributed by atoms with Gasteiger partial charge in [-0.2, -0.15) is 4.98 Å². The summed E-state index contributed by atoms with van der Waals surface area (Å²) in [5.74, 6) is 1.42. The topological polar surface area (TPSA) is 78.6 Å². The molecule has 1 aliphatic heterocycles. The number of halogens is 2. The smallest absolute Gasteiger partial charge is 0.496 e. The van der Waals surface area contributed by atoms with Crippen molar-refractivity contribution in [1.29, 1.82) is 0 Å². The maximum atomic E-state index is 13.3. The van der Waals surface area contributed by atoms with Crippen LogP contribution in [0.2, 0.25) is 0 Å². The van der Waals surface area contributed by atoms with Crippen molar-refractivity contribution >= 4 is 0 Å². The van der Waals surface area contributed by atoms with E-state index >= 15 is 0 Å². The highest BCUT2D eigenvalue weighted by Gasteiger charge is 2.44. The van der Waals surface area contributed by atoms with Gasteiger partial charge in [0.2, 0.25) is 11.7 Å². The minimum atomic E-state index is -3.65. The molecule has 2 aromatic carbocycles. The zero-order chi connectivity index (χ0) is 19.7. The SMILES string of the molecule is COc1ccccc1-c1noc(C(C)NCc2cccc3c2OC(F)(F)O3)n1. The van der Waals surface area contributed by atoms with Gasteiger partial charge in [0.25, 0.3) is 0 Å². The summed E-state index contributed by atoms with van der Waals surface area (Å²) in [7, 11) is 1.57. The van der Waals surface area contributed by atoms with Crippen LogP contribution in [0, 0.1) is 0 Å². The van der Waals surface area contributed by atoms with E-state index < -0.39 is 6.29 Å². The van der Waals surface area contributed by atoms with Gasteiger partial charge in [0.15, 0.2) is 11.5 Å². The van der Waals surface area contributed by atoms with E-state index in [1.807, 2.05) is 25.1 Å². The van der Waals surface area contributed by atoms with Gasteiger partial charge in [-0.15, -0.1) is 8.78 Å². The lowest BCUT2D eigenvalue weighted by Gasteiger charge is -2.11. The molecule has 7 nitrogen and oxygen atoms in total. The lowest BCUT2D eigenvalue weighted by atomic mass is 10.1. The number of alkyl halides is 2. The fourth-order valence-corrected chi connectivity index (χ4v) is 2.86. The van der Waals surface area contributed by atoms with Crippen molar-refractivity contribution in [2.45, 2.75) is 25.8 Å². The molecule has 4 rings (SSSR count). The van der Waals surface area contributed by atoms with E-state index in [4.69, 9.17) is 9.26 Å². The number of ether oxygens (including phenoxy) is 3. The van der Waals surface area contributed by atoms with E-state index in [1.165, 1.54) is 6.07 Å². The molecule has 0 saturated carbocycles. The zero-order valence-corrected chi connectivity index (χ0v) is 15.1.